The van der Waals surface area contributed by atoms with Gasteiger partial charge in [0.1, 0.15) is 5.69 Å². The summed E-state index contributed by atoms with van der Waals surface area (Å²) in [7, 11) is 0. The SMILES string of the molecule is O=C(NC(CO)CO)c1ccn2ncc(-c3ccc(NCC4CCCCC4)cc3)c2n1. The first-order valence-corrected chi connectivity index (χ1v) is 10.9. The number of aromatic nitrogens is 3. The van der Waals surface area contributed by atoms with E-state index in [9.17, 15) is 15.0 Å². The van der Waals surface area contributed by atoms with Gasteiger partial charge in [0.25, 0.3) is 5.91 Å². The highest BCUT2D eigenvalue weighted by Crippen LogP contribution is 2.27. The summed E-state index contributed by atoms with van der Waals surface area (Å²) in [6.07, 6.45) is 10.1. The Bertz CT molecular complexity index is 1010. The van der Waals surface area contributed by atoms with Gasteiger partial charge in [-0.3, -0.25) is 4.79 Å². The number of rotatable bonds is 8. The van der Waals surface area contributed by atoms with Gasteiger partial charge in [-0.05, 0) is 42.5 Å². The number of benzene rings is 1. The molecule has 1 amide bonds. The topological polar surface area (TPSA) is 112 Å². The highest BCUT2D eigenvalue weighted by Gasteiger charge is 2.16. The van der Waals surface area contributed by atoms with Crippen molar-refractivity contribution in [3.63, 3.8) is 0 Å². The molecule has 2 aromatic heterocycles. The minimum absolute atomic E-state index is 0.201. The zero-order chi connectivity index (χ0) is 21.6. The molecule has 8 nitrogen and oxygen atoms in total. The van der Waals surface area contributed by atoms with Crippen LogP contribution in [0.5, 0.6) is 0 Å². The molecule has 2 heterocycles. The number of hydrogen-bond donors (Lipinski definition) is 4. The minimum Gasteiger partial charge on any atom is -0.394 e. The monoisotopic (exact) mass is 423 g/mol. The van der Waals surface area contributed by atoms with Crippen molar-refractivity contribution < 1.29 is 15.0 Å². The van der Waals surface area contributed by atoms with Crippen LogP contribution in [0.1, 0.15) is 42.6 Å². The average Bonchev–Trinajstić information content (AvgIpc) is 3.25. The Morgan fingerprint density at radius 3 is 2.55 bits per heavy atom. The second kappa shape index (κ2) is 9.89. The number of aliphatic hydroxyl groups is 2. The number of hydrogen-bond acceptors (Lipinski definition) is 6. The summed E-state index contributed by atoms with van der Waals surface area (Å²) in [6.45, 7) is 0.325. The van der Waals surface area contributed by atoms with Crippen molar-refractivity contribution in [2.24, 2.45) is 5.92 Å². The summed E-state index contributed by atoms with van der Waals surface area (Å²) in [5.74, 6) is 0.308. The normalized spacial score (nSPS) is 14.8. The molecule has 1 saturated carbocycles. The largest absolute Gasteiger partial charge is 0.394 e. The standard InChI is InChI=1S/C23H29N5O3/c29-14-19(15-30)26-23(31)21-10-11-28-22(27-21)20(13-25-28)17-6-8-18(9-7-17)24-12-16-4-2-1-3-5-16/h6-11,13,16,19,24,29-30H,1-5,12,14-15H2,(H,26,31). The molecule has 1 fully saturated rings. The van der Waals surface area contributed by atoms with E-state index >= 15 is 0 Å². The van der Waals surface area contributed by atoms with E-state index in [2.05, 4.69) is 32.8 Å². The Labute approximate surface area is 181 Å². The lowest BCUT2D eigenvalue weighted by Crippen LogP contribution is -2.40. The lowest BCUT2D eigenvalue weighted by molar-refractivity contribution is 0.0874. The molecule has 0 bridgehead atoms. The number of anilines is 1. The van der Waals surface area contributed by atoms with Crippen molar-refractivity contribution in [3.05, 3.63) is 48.4 Å². The van der Waals surface area contributed by atoms with Crippen LogP contribution in [0.2, 0.25) is 0 Å². The van der Waals surface area contributed by atoms with Gasteiger partial charge in [-0.15, -0.1) is 0 Å². The molecule has 1 aliphatic carbocycles. The zero-order valence-electron chi connectivity index (χ0n) is 17.5. The van der Waals surface area contributed by atoms with Gasteiger partial charge in [0.15, 0.2) is 5.65 Å². The predicted octanol–water partition coefficient (Wildman–Crippen LogP) is 2.47. The molecule has 0 aliphatic heterocycles. The lowest BCUT2D eigenvalue weighted by atomic mass is 9.89. The maximum atomic E-state index is 12.4. The number of nitrogens with one attached hydrogen (secondary N) is 2. The fourth-order valence-corrected chi connectivity index (χ4v) is 4.03. The number of carbonyl (C=O) groups excluding carboxylic acids is 1. The molecule has 31 heavy (non-hydrogen) atoms. The average molecular weight is 424 g/mol. The number of carbonyl (C=O) groups is 1. The maximum Gasteiger partial charge on any atom is 0.270 e. The Kier molecular flexibility index (Phi) is 6.79. The first-order chi connectivity index (χ1) is 15.2. The van der Waals surface area contributed by atoms with Gasteiger partial charge in [-0.2, -0.15) is 5.10 Å². The summed E-state index contributed by atoms with van der Waals surface area (Å²) < 4.78 is 1.62. The van der Waals surface area contributed by atoms with Gasteiger partial charge in [0.05, 0.1) is 25.5 Å². The summed E-state index contributed by atoms with van der Waals surface area (Å²) in [4.78, 5) is 16.9. The molecular weight excluding hydrogens is 394 g/mol. The fourth-order valence-electron chi connectivity index (χ4n) is 4.03. The van der Waals surface area contributed by atoms with Gasteiger partial charge >= 0.3 is 0 Å². The molecule has 8 heteroatoms. The van der Waals surface area contributed by atoms with Gasteiger partial charge < -0.3 is 20.8 Å². The van der Waals surface area contributed by atoms with Crippen LogP contribution in [0.15, 0.2) is 42.7 Å². The van der Waals surface area contributed by atoms with Crippen LogP contribution in [0.3, 0.4) is 0 Å². The van der Waals surface area contributed by atoms with Crippen LogP contribution in [-0.2, 0) is 0 Å². The predicted molar refractivity (Wildman–Crippen MR) is 119 cm³/mol. The van der Waals surface area contributed by atoms with Crippen molar-refractivity contribution in [2.45, 2.75) is 38.1 Å². The van der Waals surface area contributed by atoms with Gasteiger partial charge in [0, 0.05) is 24.0 Å². The van der Waals surface area contributed by atoms with Crippen molar-refractivity contribution >= 4 is 17.2 Å². The first-order valence-electron chi connectivity index (χ1n) is 10.9. The molecule has 4 N–H and O–H groups in total. The van der Waals surface area contributed by atoms with E-state index in [-0.39, 0.29) is 18.9 Å². The zero-order valence-corrected chi connectivity index (χ0v) is 17.5. The summed E-state index contributed by atoms with van der Waals surface area (Å²) in [5, 5.41) is 28.8. The van der Waals surface area contributed by atoms with E-state index in [1.54, 1.807) is 23.0 Å². The maximum absolute atomic E-state index is 12.4. The van der Waals surface area contributed by atoms with Crippen LogP contribution >= 0.6 is 0 Å². The lowest BCUT2D eigenvalue weighted by Gasteiger charge is -2.22. The molecule has 0 atom stereocenters. The number of fused-ring (bicyclic) bond motifs is 1. The molecular formula is C23H29N5O3. The third-order valence-electron chi connectivity index (χ3n) is 5.89. The molecule has 3 aromatic rings. The van der Waals surface area contributed by atoms with Crippen LogP contribution < -0.4 is 10.6 Å². The van der Waals surface area contributed by atoms with E-state index in [1.165, 1.54) is 32.1 Å². The molecule has 164 valence electrons. The molecule has 1 aromatic carbocycles. The van der Waals surface area contributed by atoms with Gasteiger partial charge in [-0.25, -0.2) is 9.50 Å². The molecule has 0 unspecified atom stereocenters. The summed E-state index contributed by atoms with van der Waals surface area (Å²) in [5.41, 5.74) is 3.66. The van der Waals surface area contributed by atoms with E-state index in [0.29, 0.717) is 5.65 Å². The Balaban J connectivity index is 1.49. The van der Waals surface area contributed by atoms with Gasteiger partial charge in [0.2, 0.25) is 0 Å². The Morgan fingerprint density at radius 1 is 1.10 bits per heavy atom. The molecule has 0 radical (unpaired) electrons. The van der Waals surface area contributed by atoms with E-state index in [1.807, 2.05) is 12.1 Å². The molecule has 0 saturated heterocycles. The summed E-state index contributed by atoms with van der Waals surface area (Å²) >= 11 is 0. The number of aliphatic hydroxyl groups excluding tert-OH is 2. The van der Waals surface area contributed by atoms with Crippen LogP contribution in [-0.4, -0.2) is 56.5 Å². The van der Waals surface area contributed by atoms with Crippen molar-refractivity contribution in [2.75, 3.05) is 25.1 Å². The highest BCUT2D eigenvalue weighted by molar-refractivity contribution is 5.93. The summed E-state index contributed by atoms with van der Waals surface area (Å²) in [6, 6.07) is 9.02. The Morgan fingerprint density at radius 2 is 1.84 bits per heavy atom. The second-order valence-corrected chi connectivity index (χ2v) is 8.14. The van der Waals surface area contributed by atoms with E-state index < -0.39 is 11.9 Å². The second-order valence-electron chi connectivity index (χ2n) is 8.14. The van der Waals surface area contributed by atoms with Crippen molar-refractivity contribution in [3.8, 4) is 11.1 Å². The van der Waals surface area contributed by atoms with E-state index in [0.717, 1.165) is 29.3 Å². The highest BCUT2D eigenvalue weighted by atomic mass is 16.3. The number of amides is 1. The number of nitrogens with zero attached hydrogens (tertiary/aromatic N) is 3. The molecule has 0 spiro atoms. The van der Waals surface area contributed by atoms with Crippen LogP contribution in [0, 0.1) is 5.92 Å². The van der Waals surface area contributed by atoms with Crippen LogP contribution in [0.25, 0.3) is 16.8 Å². The Hall–Kier alpha value is -2.97. The van der Waals surface area contributed by atoms with Gasteiger partial charge in [-0.1, -0.05) is 31.4 Å². The smallest absolute Gasteiger partial charge is 0.270 e. The fraction of sp³-hybridized carbons (Fsp3) is 0.435. The first kappa shape index (κ1) is 21.3. The quantitative estimate of drug-likeness (QED) is 0.443. The van der Waals surface area contributed by atoms with Crippen molar-refractivity contribution in [1.29, 1.82) is 0 Å². The van der Waals surface area contributed by atoms with Crippen molar-refractivity contribution in [1.82, 2.24) is 19.9 Å². The van der Waals surface area contributed by atoms with Crippen LogP contribution in [0.4, 0.5) is 5.69 Å². The molecule has 4 rings (SSSR count). The third-order valence-corrected chi connectivity index (χ3v) is 5.89. The minimum atomic E-state index is -0.719. The third kappa shape index (κ3) is 5.03. The van der Waals surface area contributed by atoms with E-state index in [4.69, 9.17) is 0 Å². The molecule has 1 aliphatic rings.